The Morgan fingerprint density at radius 2 is 1.90 bits per heavy atom. The minimum absolute atomic E-state index is 0.105. The number of alkyl halides is 3. The van der Waals surface area contributed by atoms with Crippen molar-refractivity contribution in [1.82, 2.24) is 4.98 Å². The maximum Gasteiger partial charge on any atom is 0.433 e. The van der Waals surface area contributed by atoms with Crippen molar-refractivity contribution in [1.29, 1.82) is 0 Å². The summed E-state index contributed by atoms with van der Waals surface area (Å²) in [4.78, 5) is 3.41. The highest BCUT2D eigenvalue weighted by Gasteiger charge is 2.33. The molecule has 0 aliphatic heterocycles. The molecular formula is C14H19F3N2O. The SMILES string of the molecule is OCC1(CNc2ccc(C(F)(F)F)nc2)CCCCC1. The molecular weight excluding hydrogens is 269 g/mol. The highest BCUT2D eigenvalue weighted by molar-refractivity contribution is 5.41. The molecule has 1 aromatic rings. The molecule has 2 N–H and O–H groups in total. The fourth-order valence-electron chi connectivity index (χ4n) is 2.65. The normalized spacial score (nSPS) is 18.8. The minimum atomic E-state index is -4.41. The zero-order chi connectivity index (χ0) is 14.6. The van der Waals surface area contributed by atoms with Gasteiger partial charge in [0.1, 0.15) is 5.69 Å². The Labute approximate surface area is 116 Å². The largest absolute Gasteiger partial charge is 0.433 e. The molecule has 1 aromatic heterocycles. The number of anilines is 1. The molecule has 0 bridgehead atoms. The van der Waals surface area contributed by atoms with E-state index in [9.17, 15) is 18.3 Å². The third-order valence-corrected chi connectivity index (χ3v) is 3.97. The highest BCUT2D eigenvalue weighted by Crippen LogP contribution is 2.36. The van der Waals surface area contributed by atoms with Crippen LogP contribution >= 0.6 is 0 Å². The van der Waals surface area contributed by atoms with Gasteiger partial charge in [0.2, 0.25) is 0 Å². The second-order valence-corrected chi connectivity index (χ2v) is 5.50. The number of rotatable bonds is 4. The molecule has 112 valence electrons. The molecule has 0 radical (unpaired) electrons. The quantitative estimate of drug-likeness (QED) is 0.892. The molecule has 1 fully saturated rings. The summed E-state index contributed by atoms with van der Waals surface area (Å²) in [6.45, 7) is 0.671. The van der Waals surface area contributed by atoms with Gasteiger partial charge in [-0.05, 0) is 25.0 Å². The van der Waals surface area contributed by atoms with E-state index in [-0.39, 0.29) is 12.0 Å². The summed E-state index contributed by atoms with van der Waals surface area (Å²) in [7, 11) is 0. The number of halogens is 3. The van der Waals surface area contributed by atoms with Crippen molar-refractivity contribution in [3.63, 3.8) is 0 Å². The maximum absolute atomic E-state index is 12.4. The Morgan fingerprint density at radius 3 is 2.40 bits per heavy atom. The average molecular weight is 288 g/mol. The van der Waals surface area contributed by atoms with Gasteiger partial charge in [0.25, 0.3) is 0 Å². The number of aromatic nitrogens is 1. The number of nitrogens with zero attached hydrogens (tertiary/aromatic N) is 1. The molecule has 0 spiro atoms. The summed E-state index contributed by atoms with van der Waals surface area (Å²) in [6.07, 6.45) is 2.05. The van der Waals surface area contributed by atoms with Crippen molar-refractivity contribution >= 4 is 5.69 Å². The monoisotopic (exact) mass is 288 g/mol. The molecule has 0 aromatic carbocycles. The van der Waals surface area contributed by atoms with E-state index in [4.69, 9.17) is 0 Å². The third-order valence-electron chi connectivity index (χ3n) is 3.97. The summed E-state index contributed by atoms with van der Waals surface area (Å²) in [5, 5.41) is 12.7. The van der Waals surface area contributed by atoms with E-state index < -0.39 is 11.9 Å². The Kier molecular flexibility index (Phi) is 4.52. The van der Waals surface area contributed by atoms with Crippen LogP contribution in [0, 0.1) is 5.41 Å². The van der Waals surface area contributed by atoms with Gasteiger partial charge in [0.15, 0.2) is 0 Å². The standard InChI is InChI=1S/C14H19F3N2O/c15-14(16,17)12-5-4-11(8-18-12)19-9-13(10-20)6-2-1-3-7-13/h4-5,8,19-20H,1-3,6-7,9-10H2. The van der Waals surface area contributed by atoms with Gasteiger partial charge in [-0.25, -0.2) is 4.98 Å². The molecule has 0 saturated heterocycles. The number of pyridine rings is 1. The first-order valence-electron chi connectivity index (χ1n) is 6.83. The molecule has 0 unspecified atom stereocenters. The van der Waals surface area contributed by atoms with Crippen molar-refractivity contribution in [3.8, 4) is 0 Å². The number of aliphatic hydroxyl groups excluding tert-OH is 1. The first-order chi connectivity index (χ1) is 9.45. The van der Waals surface area contributed by atoms with Crippen molar-refractivity contribution < 1.29 is 18.3 Å². The maximum atomic E-state index is 12.4. The predicted molar refractivity (Wildman–Crippen MR) is 70.3 cm³/mol. The summed E-state index contributed by atoms with van der Waals surface area (Å²) in [5.74, 6) is 0. The second-order valence-electron chi connectivity index (χ2n) is 5.50. The number of hydrogen-bond donors (Lipinski definition) is 2. The molecule has 0 amide bonds. The van der Waals surface area contributed by atoms with Crippen LogP contribution in [0.2, 0.25) is 0 Å². The molecule has 0 atom stereocenters. The van der Waals surface area contributed by atoms with Crippen molar-refractivity contribution in [3.05, 3.63) is 24.0 Å². The topological polar surface area (TPSA) is 45.1 Å². The van der Waals surface area contributed by atoms with Gasteiger partial charge in [-0.1, -0.05) is 19.3 Å². The van der Waals surface area contributed by atoms with Gasteiger partial charge in [0.05, 0.1) is 18.5 Å². The van der Waals surface area contributed by atoms with E-state index in [0.717, 1.165) is 31.7 Å². The van der Waals surface area contributed by atoms with E-state index in [1.165, 1.54) is 18.7 Å². The van der Waals surface area contributed by atoms with Crippen molar-refractivity contribution in [2.24, 2.45) is 5.41 Å². The number of hydrogen-bond acceptors (Lipinski definition) is 3. The zero-order valence-corrected chi connectivity index (χ0v) is 11.2. The van der Waals surface area contributed by atoms with Gasteiger partial charge in [0, 0.05) is 12.0 Å². The van der Waals surface area contributed by atoms with Gasteiger partial charge < -0.3 is 10.4 Å². The van der Waals surface area contributed by atoms with Gasteiger partial charge >= 0.3 is 6.18 Å². The molecule has 20 heavy (non-hydrogen) atoms. The molecule has 1 aliphatic rings. The van der Waals surface area contributed by atoms with Crippen LogP contribution < -0.4 is 5.32 Å². The van der Waals surface area contributed by atoms with E-state index >= 15 is 0 Å². The molecule has 2 rings (SSSR count). The zero-order valence-electron chi connectivity index (χ0n) is 11.2. The fraction of sp³-hybridized carbons (Fsp3) is 0.643. The van der Waals surface area contributed by atoms with E-state index in [2.05, 4.69) is 10.3 Å². The van der Waals surface area contributed by atoms with Crippen molar-refractivity contribution in [2.45, 2.75) is 38.3 Å². The summed E-state index contributed by atoms with van der Waals surface area (Å²) < 4.78 is 37.2. The Morgan fingerprint density at radius 1 is 1.20 bits per heavy atom. The molecule has 1 saturated carbocycles. The Balaban J connectivity index is 1.96. The molecule has 1 heterocycles. The van der Waals surface area contributed by atoms with Crippen LogP contribution in [0.5, 0.6) is 0 Å². The van der Waals surface area contributed by atoms with Crippen LogP contribution in [-0.2, 0) is 6.18 Å². The fourth-order valence-corrected chi connectivity index (χ4v) is 2.65. The van der Waals surface area contributed by atoms with Crippen LogP contribution in [0.1, 0.15) is 37.8 Å². The molecule has 6 heteroatoms. The molecule has 1 aliphatic carbocycles. The van der Waals surface area contributed by atoms with Crippen LogP contribution in [0.3, 0.4) is 0 Å². The first kappa shape index (κ1) is 15.1. The third kappa shape index (κ3) is 3.62. The lowest BCUT2D eigenvalue weighted by atomic mass is 9.74. The van der Waals surface area contributed by atoms with Gasteiger partial charge in [-0.3, -0.25) is 0 Å². The first-order valence-corrected chi connectivity index (χ1v) is 6.83. The van der Waals surface area contributed by atoms with E-state index in [1.807, 2.05) is 0 Å². The highest BCUT2D eigenvalue weighted by atomic mass is 19.4. The summed E-state index contributed by atoms with van der Waals surface area (Å²) in [6, 6.07) is 2.35. The minimum Gasteiger partial charge on any atom is -0.396 e. The van der Waals surface area contributed by atoms with Crippen molar-refractivity contribution in [2.75, 3.05) is 18.5 Å². The van der Waals surface area contributed by atoms with Crippen LogP contribution in [0.4, 0.5) is 18.9 Å². The average Bonchev–Trinajstić information content (AvgIpc) is 2.46. The van der Waals surface area contributed by atoms with Crippen LogP contribution in [0.25, 0.3) is 0 Å². The predicted octanol–water partition coefficient (Wildman–Crippen LogP) is 3.46. The Hall–Kier alpha value is -1.30. The summed E-state index contributed by atoms with van der Waals surface area (Å²) in [5.41, 5.74) is -0.491. The lowest BCUT2D eigenvalue weighted by Crippen LogP contribution is -2.35. The van der Waals surface area contributed by atoms with E-state index in [0.29, 0.717) is 12.2 Å². The number of nitrogens with one attached hydrogen (secondary N) is 1. The smallest absolute Gasteiger partial charge is 0.396 e. The van der Waals surface area contributed by atoms with Gasteiger partial charge in [-0.15, -0.1) is 0 Å². The number of aliphatic hydroxyl groups is 1. The molecule has 3 nitrogen and oxygen atoms in total. The van der Waals surface area contributed by atoms with Crippen LogP contribution in [0.15, 0.2) is 18.3 Å². The summed E-state index contributed by atoms with van der Waals surface area (Å²) >= 11 is 0. The van der Waals surface area contributed by atoms with Gasteiger partial charge in [-0.2, -0.15) is 13.2 Å². The van der Waals surface area contributed by atoms with Crippen LogP contribution in [-0.4, -0.2) is 23.2 Å². The Bertz CT molecular complexity index is 425. The second kappa shape index (κ2) is 5.99. The lowest BCUT2D eigenvalue weighted by Gasteiger charge is -2.36. The van der Waals surface area contributed by atoms with E-state index in [1.54, 1.807) is 0 Å². The lowest BCUT2D eigenvalue weighted by molar-refractivity contribution is -0.141.